The molecular weight excluding hydrogens is 768 g/mol. The van der Waals surface area contributed by atoms with E-state index in [1.807, 2.05) is 95.6 Å². The molecule has 11 rings (SSSR count). The van der Waals surface area contributed by atoms with Gasteiger partial charge in [-0.05, 0) is 106 Å². The van der Waals surface area contributed by atoms with Crippen LogP contribution in [0.15, 0.2) is 193 Å². The van der Waals surface area contributed by atoms with E-state index in [0.717, 1.165) is 44.1 Å². The van der Waals surface area contributed by atoms with Crippen LogP contribution in [0.3, 0.4) is 0 Å². The van der Waals surface area contributed by atoms with E-state index in [1.165, 1.54) is 12.1 Å². The number of hydrogen-bond acceptors (Lipinski definition) is 4. The number of aromatic hydroxyl groups is 1. The lowest BCUT2D eigenvalue weighted by Crippen LogP contribution is -2.05. The van der Waals surface area contributed by atoms with E-state index < -0.39 is 11.7 Å². The van der Waals surface area contributed by atoms with Crippen LogP contribution in [0.25, 0.3) is 105 Å². The number of hydrogen-bond donors (Lipinski definition) is 1. The first-order chi connectivity index (χ1) is 29.8. The van der Waals surface area contributed by atoms with Gasteiger partial charge in [0.2, 0.25) is 0 Å². The molecule has 61 heavy (non-hydrogen) atoms. The molecule has 0 aliphatic rings. The predicted octanol–water partition coefficient (Wildman–Crippen LogP) is 14.5. The number of rotatable bonds is 6. The molecule has 0 aliphatic heterocycles. The Morgan fingerprint density at radius 1 is 0.492 bits per heavy atom. The van der Waals surface area contributed by atoms with Crippen molar-refractivity contribution >= 4 is 43.9 Å². The summed E-state index contributed by atoms with van der Waals surface area (Å²) in [5, 5.41) is 13.9. The molecule has 0 fully saturated rings. The number of pyridine rings is 1. The van der Waals surface area contributed by atoms with Gasteiger partial charge >= 0.3 is 6.18 Å². The number of halogens is 3. The third-order valence-electron chi connectivity index (χ3n) is 11.3. The van der Waals surface area contributed by atoms with Gasteiger partial charge in [-0.15, -0.1) is 0 Å². The topological polar surface area (TPSA) is 64.1 Å². The van der Waals surface area contributed by atoms with E-state index >= 15 is 13.2 Å². The number of nitrogens with zero attached hydrogens (tertiary/aromatic N) is 3. The van der Waals surface area contributed by atoms with Gasteiger partial charge in [0.05, 0.1) is 27.7 Å². The lowest BCUT2D eigenvalue weighted by Gasteiger charge is -2.16. The average molecular weight is 800 g/mol. The van der Waals surface area contributed by atoms with E-state index in [4.69, 9.17) is 14.4 Å². The molecule has 1 N–H and O–H groups in total. The fraction of sp³-hybridized carbons (Fsp3) is 0.0189. The summed E-state index contributed by atoms with van der Waals surface area (Å²) in [5.41, 5.74) is 8.91. The Labute approximate surface area is 347 Å². The van der Waals surface area contributed by atoms with Crippen molar-refractivity contribution in [2.45, 2.75) is 6.18 Å². The van der Waals surface area contributed by atoms with Crippen molar-refractivity contribution in [1.82, 2.24) is 14.5 Å². The highest BCUT2D eigenvalue weighted by molar-refractivity contribution is 6.21. The van der Waals surface area contributed by atoms with Gasteiger partial charge in [0.1, 0.15) is 22.7 Å². The number of phenols is 1. The first-order valence-electron chi connectivity index (χ1n) is 19.8. The van der Waals surface area contributed by atoms with E-state index in [1.54, 1.807) is 42.6 Å². The van der Waals surface area contributed by atoms with Gasteiger partial charge in [0, 0.05) is 39.2 Å². The molecule has 0 amide bonds. The van der Waals surface area contributed by atoms with Crippen molar-refractivity contribution in [2.24, 2.45) is 0 Å². The highest BCUT2D eigenvalue weighted by Crippen LogP contribution is 2.44. The number of alkyl halides is 3. The third-order valence-corrected chi connectivity index (χ3v) is 11.3. The Morgan fingerprint density at radius 2 is 1.11 bits per heavy atom. The zero-order chi connectivity index (χ0) is 41.2. The number of aromatic nitrogens is 3. The zero-order valence-corrected chi connectivity index (χ0v) is 32.2. The highest BCUT2D eigenvalue weighted by atomic mass is 19.4. The Morgan fingerprint density at radius 3 is 1.84 bits per heavy atom. The second kappa shape index (κ2) is 14.1. The standard InChI is InChI=1S/C53H32F3N3O2/c54-53(55,56)38-27-36(26-37(28-38)44-31-48-49(43-20-12-24-57-50(43)44)42-18-8-10-23-47(42)61-48)40-19-11-21-45-51(40)58-52(41-17-7-9-22-46(41)60)59(45)39-29-34(32-13-3-1-4-14-32)25-35(30-39)33-15-5-2-6-16-33/h1-31,60H. The van der Waals surface area contributed by atoms with Gasteiger partial charge < -0.3 is 9.52 Å². The van der Waals surface area contributed by atoms with Gasteiger partial charge in [-0.25, -0.2) is 4.98 Å². The summed E-state index contributed by atoms with van der Waals surface area (Å²) in [4.78, 5) is 9.93. The second-order valence-electron chi connectivity index (χ2n) is 15.1. The summed E-state index contributed by atoms with van der Waals surface area (Å²) in [5.74, 6) is 0.451. The minimum Gasteiger partial charge on any atom is -0.507 e. The maximum absolute atomic E-state index is 15.0. The maximum atomic E-state index is 15.0. The Bertz CT molecular complexity index is 3420. The monoisotopic (exact) mass is 799 g/mol. The van der Waals surface area contributed by atoms with Crippen LogP contribution in [-0.2, 0) is 6.18 Å². The number of phenolic OH excluding ortho intramolecular Hbond substituents is 1. The second-order valence-corrected chi connectivity index (χ2v) is 15.1. The highest BCUT2D eigenvalue weighted by Gasteiger charge is 2.32. The molecule has 3 heterocycles. The molecule has 0 radical (unpaired) electrons. The largest absolute Gasteiger partial charge is 0.507 e. The van der Waals surface area contributed by atoms with Crippen molar-refractivity contribution in [3.05, 3.63) is 194 Å². The first kappa shape index (κ1) is 36.1. The van der Waals surface area contributed by atoms with Gasteiger partial charge in [-0.2, -0.15) is 13.2 Å². The molecule has 8 aromatic carbocycles. The van der Waals surface area contributed by atoms with E-state index in [9.17, 15) is 5.11 Å². The minimum absolute atomic E-state index is 0.0183. The van der Waals surface area contributed by atoms with Crippen LogP contribution in [0, 0.1) is 0 Å². The first-order valence-corrected chi connectivity index (χ1v) is 19.8. The number of para-hydroxylation sites is 3. The van der Waals surface area contributed by atoms with Crippen LogP contribution >= 0.6 is 0 Å². The fourth-order valence-corrected chi connectivity index (χ4v) is 8.56. The molecule has 0 saturated heterocycles. The van der Waals surface area contributed by atoms with Crippen molar-refractivity contribution < 1.29 is 22.7 Å². The van der Waals surface area contributed by atoms with E-state index in [0.29, 0.717) is 61.4 Å². The van der Waals surface area contributed by atoms with Crippen LogP contribution in [-0.4, -0.2) is 19.6 Å². The van der Waals surface area contributed by atoms with Crippen molar-refractivity contribution in [2.75, 3.05) is 0 Å². The molecule has 292 valence electrons. The molecule has 11 aromatic rings. The molecule has 8 heteroatoms. The summed E-state index contributed by atoms with van der Waals surface area (Å²) >= 11 is 0. The van der Waals surface area contributed by atoms with Gasteiger partial charge in [0.25, 0.3) is 0 Å². The average Bonchev–Trinajstić information content (AvgIpc) is 3.88. The quantitative estimate of drug-likeness (QED) is 0.182. The van der Waals surface area contributed by atoms with E-state index in [2.05, 4.69) is 42.5 Å². The van der Waals surface area contributed by atoms with Crippen molar-refractivity contribution in [3.63, 3.8) is 0 Å². The fourth-order valence-electron chi connectivity index (χ4n) is 8.56. The lowest BCUT2D eigenvalue weighted by molar-refractivity contribution is -0.137. The molecule has 5 nitrogen and oxygen atoms in total. The van der Waals surface area contributed by atoms with Crippen LogP contribution in [0.4, 0.5) is 13.2 Å². The number of imidazole rings is 1. The number of fused-ring (bicyclic) bond motifs is 6. The molecule has 0 spiro atoms. The summed E-state index contributed by atoms with van der Waals surface area (Å²) in [6, 6.07) is 56.3. The Hall–Kier alpha value is -7.97. The Balaban J connectivity index is 1.18. The van der Waals surface area contributed by atoms with Crippen LogP contribution < -0.4 is 0 Å². The molecular formula is C53H32F3N3O2. The Kier molecular flexibility index (Phi) is 8.35. The van der Waals surface area contributed by atoms with Gasteiger partial charge in [-0.1, -0.05) is 109 Å². The lowest BCUT2D eigenvalue weighted by atomic mass is 9.93. The van der Waals surface area contributed by atoms with Crippen LogP contribution in [0.2, 0.25) is 0 Å². The molecule has 0 saturated carbocycles. The molecule has 0 bridgehead atoms. The summed E-state index contributed by atoms with van der Waals surface area (Å²) < 4.78 is 53.4. The third kappa shape index (κ3) is 6.19. The summed E-state index contributed by atoms with van der Waals surface area (Å²) in [6.45, 7) is 0. The van der Waals surface area contributed by atoms with Gasteiger partial charge in [0.15, 0.2) is 0 Å². The molecule has 0 unspecified atom stereocenters. The summed E-state index contributed by atoms with van der Waals surface area (Å²) in [6.07, 6.45) is -3.02. The summed E-state index contributed by atoms with van der Waals surface area (Å²) in [7, 11) is 0. The van der Waals surface area contributed by atoms with Crippen LogP contribution in [0.1, 0.15) is 5.56 Å². The molecule has 3 aromatic heterocycles. The smallest absolute Gasteiger partial charge is 0.416 e. The molecule has 0 aliphatic carbocycles. The van der Waals surface area contributed by atoms with Crippen molar-refractivity contribution in [1.29, 1.82) is 0 Å². The van der Waals surface area contributed by atoms with E-state index in [-0.39, 0.29) is 5.75 Å². The van der Waals surface area contributed by atoms with Gasteiger partial charge in [-0.3, -0.25) is 9.55 Å². The minimum atomic E-state index is -4.67. The number of furan rings is 1. The normalized spacial score (nSPS) is 11.9. The SMILES string of the molecule is Oc1ccccc1-c1nc2c(-c3cc(-c4cc5oc6ccccc6c5c5cccnc45)cc(C(F)(F)F)c3)cccc2n1-c1cc(-c2ccccc2)cc(-c2ccccc2)c1. The zero-order valence-electron chi connectivity index (χ0n) is 32.2. The van der Waals surface area contributed by atoms with Crippen molar-refractivity contribution in [3.8, 4) is 67.3 Å². The predicted molar refractivity (Wildman–Crippen MR) is 237 cm³/mol. The maximum Gasteiger partial charge on any atom is 0.416 e. The number of benzene rings is 8. The molecule has 0 atom stereocenters. The van der Waals surface area contributed by atoms with Crippen LogP contribution in [0.5, 0.6) is 5.75 Å².